The molecule has 1 heterocycles. The molecule has 18 heavy (non-hydrogen) atoms. The van der Waals surface area contributed by atoms with E-state index in [2.05, 4.69) is 10.2 Å². The Kier molecular flexibility index (Phi) is 5.59. The highest BCUT2D eigenvalue weighted by molar-refractivity contribution is 5.89. The Morgan fingerprint density at radius 2 is 2.17 bits per heavy atom. The average molecular weight is 255 g/mol. The molecule has 1 rings (SSSR count). The third kappa shape index (κ3) is 4.64. The van der Waals surface area contributed by atoms with E-state index >= 15 is 0 Å². The van der Waals surface area contributed by atoms with Gasteiger partial charge in [0.15, 0.2) is 0 Å². The lowest BCUT2D eigenvalue weighted by molar-refractivity contribution is -0.129. The molecule has 0 bridgehead atoms. The molecule has 0 radical (unpaired) electrons. The molecular weight excluding hydrogens is 230 g/mol. The molecule has 104 valence electrons. The van der Waals surface area contributed by atoms with Crippen LogP contribution in [-0.4, -0.2) is 61.4 Å². The van der Waals surface area contributed by atoms with Gasteiger partial charge in [0.2, 0.25) is 11.8 Å². The minimum absolute atomic E-state index is 0.00783. The van der Waals surface area contributed by atoms with Gasteiger partial charge in [-0.25, -0.2) is 0 Å². The van der Waals surface area contributed by atoms with E-state index in [1.54, 1.807) is 0 Å². The van der Waals surface area contributed by atoms with E-state index in [1.807, 2.05) is 32.8 Å². The summed E-state index contributed by atoms with van der Waals surface area (Å²) in [6, 6.07) is 0.135. The second-order valence-corrected chi connectivity index (χ2v) is 5.56. The van der Waals surface area contributed by atoms with Crippen LogP contribution in [-0.2, 0) is 9.59 Å². The van der Waals surface area contributed by atoms with E-state index < -0.39 is 0 Å². The number of likely N-dealkylation sites (tertiary alicyclic amines) is 1. The number of carbonyl (C=O) groups is 2. The first kappa shape index (κ1) is 15.0. The second kappa shape index (κ2) is 6.73. The highest BCUT2D eigenvalue weighted by atomic mass is 16.2. The molecule has 5 heteroatoms. The van der Waals surface area contributed by atoms with E-state index in [0.717, 1.165) is 19.5 Å². The zero-order valence-corrected chi connectivity index (χ0v) is 11.9. The van der Waals surface area contributed by atoms with Crippen LogP contribution in [0.3, 0.4) is 0 Å². The van der Waals surface area contributed by atoms with Crippen molar-refractivity contribution < 1.29 is 9.59 Å². The third-order valence-electron chi connectivity index (χ3n) is 3.05. The molecule has 1 unspecified atom stereocenters. The van der Waals surface area contributed by atoms with Crippen LogP contribution in [0, 0.1) is 5.92 Å². The first-order valence-corrected chi connectivity index (χ1v) is 6.63. The van der Waals surface area contributed by atoms with Crippen LogP contribution in [0.2, 0.25) is 0 Å². The largest absolute Gasteiger partial charge is 0.354 e. The predicted molar refractivity (Wildman–Crippen MR) is 71.1 cm³/mol. The summed E-state index contributed by atoms with van der Waals surface area (Å²) in [5.41, 5.74) is 0. The number of rotatable bonds is 6. The van der Waals surface area contributed by atoms with Crippen molar-refractivity contribution in [2.75, 3.05) is 33.7 Å². The Morgan fingerprint density at radius 1 is 1.50 bits per heavy atom. The fourth-order valence-corrected chi connectivity index (χ4v) is 2.14. The lowest BCUT2D eigenvalue weighted by atomic mass is 10.1. The molecule has 0 aromatic carbocycles. The van der Waals surface area contributed by atoms with E-state index in [0.29, 0.717) is 13.0 Å². The molecule has 1 N–H and O–H groups in total. The molecule has 0 aromatic rings. The summed E-state index contributed by atoms with van der Waals surface area (Å²) in [5.74, 6) is -0.0506. The zero-order valence-electron chi connectivity index (χ0n) is 11.9. The van der Waals surface area contributed by atoms with Crippen LogP contribution >= 0.6 is 0 Å². The topological polar surface area (TPSA) is 52.7 Å². The minimum Gasteiger partial charge on any atom is -0.354 e. The van der Waals surface area contributed by atoms with E-state index in [1.165, 1.54) is 0 Å². The molecule has 0 spiro atoms. The standard InChI is InChI=1S/C13H25N3O2/c1-10(2)14-13(18)11-8-12(17)16(9-11)7-5-6-15(3)4/h10-11H,5-9H2,1-4H3,(H,14,18). The summed E-state index contributed by atoms with van der Waals surface area (Å²) in [4.78, 5) is 27.5. The molecule has 0 saturated carbocycles. The Hall–Kier alpha value is -1.10. The second-order valence-electron chi connectivity index (χ2n) is 5.56. The summed E-state index contributed by atoms with van der Waals surface area (Å²) < 4.78 is 0. The number of hydrogen-bond acceptors (Lipinski definition) is 3. The fraction of sp³-hybridized carbons (Fsp3) is 0.846. The Balaban J connectivity index is 2.36. The molecule has 0 aromatic heterocycles. The van der Waals surface area contributed by atoms with Crippen molar-refractivity contribution in [2.45, 2.75) is 32.7 Å². The Morgan fingerprint density at radius 3 is 2.72 bits per heavy atom. The molecule has 2 amide bonds. The smallest absolute Gasteiger partial charge is 0.225 e. The van der Waals surface area contributed by atoms with Gasteiger partial charge in [-0.05, 0) is 40.9 Å². The molecule has 1 saturated heterocycles. The summed E-state index contributed by atoms with van der Waals surface area (Å²) in [6.45, 7) is 6.16. The van der Waals surface area contributed by atoms with Gasteiger partial charge in [0, 0.05) is 25.6 Å². The van der Waals surface area contributed by atoms with Crippen LogP contribution in [0.4, 0.5) is 0 Å². The van der Waals surface area contributed by atoms with Crippen LogP contribution in [0.1, 0.15) is 26.7 Å². The van der Waals surface area contributed by atoms with Crippen LogP contribution in [0.15, 0.2) is 0 Å². The van der Waals surface area contributed by atoms with Gasteiger partial charge in [0.1, 0.15) is 0 Å². The number of carbonyl (C=O) groups excluding carboxylic acids is 2. The van der Waals surface area contributed by atoms with Crippen molar-refractivity contribution in [3.63, 3.8) is 0 Å². The van der Waals surface area contributed by atoms with E-state index in [-0.39, 0.29) is 23.8 Å². The normalized spacial score (nSPS) is 20.0. The van der Waals surface area contributed by atoms with Gasteiger partial charge < -0.3 is 15.1 Å². The molecule has 1 fully saturated rings. The van der Waals surface area contributed by atoms with Gasteiger partial charge in [0.05, 0.1) is 5.92 Å². The SMILES string of the molecule is CC(C)NC(=O)C1CC(=O)N(CCCN(C)C)C1. The van der Waals surface area contributed by atoms with Crippen molar-refractivity contribution in [1.82, 2.24) is 15.1 Å². The first-order valence-electron chi connectivity index (χ1n) is 6.63. The molecule has 1 aliphatic heterocycles. The van der Waals surface area contributed by atoms with Crippen LogP contribution in [0.25, 0.3) is 0 Å². The maximum Gasteiger partial charge on any atom is 0.225 e. The van der Waals surface area contributed by atoms with Gasteiger partial charge in [-0.3, -0.25) is 9.59 Å². The van der Waals surface area contributed by atoms with Crippen molar-refractivity contribution in [3.05, 3.63) is 0 Å². The van der Waals surface area contributed by atoms with E-state index in [9.17, 15) is 9.59 Å². The quantitative estimate of drug-likeness (QED) is 0.743. The molecule has 1 atom stereocenters. The summed E-state index contributed by atoms with van der Waals surface area (Å²) >= 11 is 0. The summed E-state index contributed by atoms with van der Waals surface area (Å²) in [6.07, 6.45) is 1.32. The highest BCUT2D eigenvalue weighted by Gasteiger charge is 2.33. The van der Waals surface area contributed by atoms with Gasteiger partial charge in [-0.2, -0.15) is 0 Å². The minimum atomic E-state index is -0.167. The lowest BCUT2D eigenvalue weighted by Gasteiger charge is -2.18. The fourth-order valence-electron chi connectivity index (χ4n) is 2.14. The molecule has 0 aliphatic carbocycles. The third-order valence-corrected chi connectivity index (χ3v) is 3.05. The number of hydrogen-bond donors (Lipinski definition) is 1. The number of amides is 2. The van der Waals surface area contributed by atoms with Crippen LogP contribution < -0.4 is 5.32 Å². The van der Waals surface area contributed by atoms with Crippen molar-refractivity contribution in [3.8, 4) is 0 Å². The maximum atomic E-state index is 11.8. The zero-order chi connectivity index (χ0) is 13.7. The summed E-state index contributed by atoms with van der Waals surface area (Å²) in [5, 5.41) is 2.87. The van der Waals surface area contributed by atoms with Gasteiger partial charge in [-0.1, -0.05) is 0 Å². The van der Waals surface area contributed by atoms with Crippen LogP contribution in [0.5, 0.6) is 0 Å². The molecular formula is C13H25N3O2. The van der Waals surface area contributed by atoms with Gasteiger partial charge in [-0.15, -0.1) is 0 Å². The van der Waals surface area contributed by atoms with Crippen molar-refractivity contribution >= 4 is 11.8 Å². The monoisotopic (exact) mass is 255 g/mol. The highest BCUT2D eigenvalue weighted by Crippen LogP contribution is 2.18. The van der Waals surface area contributed by atoms with Crippen molar-refractivity contribution in [2.24, 2.45) is 5.92 Å². The average Bonchev–Trinajstić information content (AvgIpc) is 2.59. The molecule has 5 nitrogen and oxygen atoms in total. The van der Waals surface area contributed by atoms with Gasteiger partial charge in [0.25, 0.3) is 0 Å². The molecule has 1 aliphatic rings. The van der Waals surface area contributed by atoms with E-state index in [4.69, 9.17) is 0 Å². The first-order chi connectivity index (χ1) is 8.40. The Bertz CT molecular complexity index is 303. The lowest BCUT2D eigenvalue weighted by Crippen LogP contribution is -2.37. The Labute approximate surface area is 110 Å². The number of nitrogens with zero attached hydrogens (tertiary/aromatic N) is 2. The van der Waals surface area contributed by atoms with Gasteiger partial charge >= 0.3 is 0 Å². The maximum absolute atomic E-state index is 11.8. The van der Waals surface area contributed by atoms with Crippen molar-refractivity contribution in [1.29, 1.82) is 0 Å². The summed E-state index contributed by atoms with van der Waals surface area (Å²) in [7, 11) is 4.04. The predicted octanol–water partition coefficient (Wildman–Crippen LogP) is 0.311. The number of nitrogens with one attached hydrogen (secondary N) is 1.